The van der Waals surface area contributed by atoms with E-state index in [1.54, 1.807) is 6.07 Å². The summed E-state index contributed by atoms with van der Waals surface area (Å²) in [5, 5.41) is 0.459. The second-order valence-electron chi connectivity index (χ2n) is 5.88. The number of carbonyl (C=O) groups is 1. The lowest BCUT2D eigenvalue weighted by molar-refractivity contribution is -0.137. The molecule has 0 amide bonds. The Balaban J connectivity index is 1.79. The van der Waals surface area contributed by atoms with Crippen molar-refractivity contribution in [1.82, 2.24) is 9.55 Å². The van der Waals surface area contributed by atoms with Crippen molar-refractivity contribution >= 4 is 27.3 Å². The summed E-state index contributed by atoms with van der Waals surface area (Å²) in [6.45, 7) is 1.75. The summed E-state index contributed by atoms with van der Waals surface area (Å²) in [4.78, 5) is 30.5. The molecule has 0 unspecified atom stereocenters. The molecule has 0 aliphatic rings. The lowest BCUT2D eigenvalue weighted by Crippen LogP contribution is -2.25. The van der Waals surface area contributed by atoms with Gasteiger partial charge < -0.3 is 0 Å². The van der Waals surface area contributed by atoms with Gasteiger partial charge in [0.05, 0.1) is 23.8 Å². The van der Waals surface area contributed by atoms with Crippen LogP contribution in [0.4, 0.5) is 13.2 Å². The van der Waals surface area contributed by atoms with Gasteiger partial charge in [-0.2, -0.15) is 13.2 Å². The maximum atomic E-state index is 12.7. The molecule has 1 aromatic carbocycles. The van der Waals surface area contributed by atoms with Gasteiger partial charge in [0.2, 0.25) is 0 Å². The van der Waals surface area contributed by atoms with Crippen molar-refractivity contribution in [2.45, 2.75) is 32.5 Å². The average Bonchev–Trinajstić information content (AvgIpc) is 3.01. The van der Waals surface area contributed by atoms with Crippen molar-refractivity contribution in [2.24, 2.45) is 0 Å². The first kappa shape index (κ1) is 18.3. The van der Waals surface area contributed by atoms with Crippen LogP contribution in [0.3, 0.4) is 0 Å². The quantitative estimate of drug-likeness (QED) is 0.676. The third-order valence-corrected chi connectivity index (χ3v) is 5.11. The van der Waals surface area contributed by atoms with E-state index >= 15 is 0 Å². The van der Waals surface area contributed by atoms with E-state index in [-0.39, 0.29) is 29.9 Å². The number of halogens is 3. The van der Waals surface area contributed by atoms with Crippen LogP contribution in [-0.4, -0.2) is 15.3 Å². The van der Waals surface area contributed by atoms with E-state index in [9.17, 15) is 22.8 Å². The van der Waals surface area contributed by atoms with E-state index in [2.05, 4.69) is 4.98 Å². The van der Waals surface area contributed by atoms with Gasteiger partial charge in [-0.15, -0.1) is 11.3 Å². The van der Waals surface area contributed by atoms with Gasteiger partial charge in [-0.05, 0) is 24.1 Å². The Bertz CT molecular complexity index is 1020. The highest BCUT2D eigenvalue weighted by molar-refractivity contribution is 7.18. The number of thiophene rings is 1. The van der Waals surface area contributed by atoms with E-state index in [4.69, 9.17) is 0 Å². The summed E-state index contributed by atoms with van der Waals surface area (Å²) >= 11 is 1.43. The zero-order valence-corrected chi connectivity index (χ0v) is 14.7. The van der Waals surface area contributed by atoms with Crippen molar-refractivity contribution in [2.75, 3.05) is 0 Å². The van der Waals surface area contributed by atoms with Crippen LogP contribution in [-0.2, 0) is 30.4 Å². The molecule has 26 heavy (non-hydrogen) atoms. The van der Waals surface area contributed by atoms with Gasteiger partial charge in [-0.1, -0.05) is 25.1 Å². The first-order chi connectivity index (χ1) is 12.3. The summed E-state index contributed by atoms with van der Waals surface area (Å²) in [6, 6.07) is 6.41. The SMILES string of the molecule is CCc1cc2c(=O)n(CC(=O)Cc3cccc(C(F)(F)F)c3)cnc2s1. The van der Waals surface area contributed by atoms with E-state index < -0.39 is 11.7 Å². The van der Waals surface area contributed by atoms with E-state index in [1.165, 1.54) is 34.4 Å². The van der Waals surface area contributed by atoms with Crippen LogP contribution in [0.25, 0.3) is 10.2 Å². The van der Waals surface area contributed by atoms with Crippen molar-refractivity contribution in [3.8, 4) is 0 Å². The molecule has 0 N–H and O–H groups in total. The number of benzene rings is 1. The van der Waals surface area contributed by atoms with Crippen LogP contribution in [0.5, 0.6) is 0 Å². The molecule has 0 aliphatic heterocycles. The Labute approximate surface area is 150 Å². The minimum Gasteiger partial charge on any atom is -0.297 e. The number of hydrogen-bond acceptors (Lipinski definition) is 4. The summed E-state index contributed by atoms with van der Waals surface area (Å²) in [5.41, 5.74) is -0.854. The van der Waals surface area contributed by atoms with E-state index in [1.807, 2.05) is 6.92 Å². The van der Waals surface area contributed by atoms with Gasteiger partial charge in [0.25, 0.3) is 5.56 Å². The highest BCUT2D eigenvalue weighted by atomic mass is 32.1. The molecular weight excluding hydrogens is 365 g/mol. The van der Waals surface area contributed by atoms with Gasteiger partial charge in [0.1, 0.15) is 4.83 Å². The van der Waals surface area contributed by atoms with E-state index in [0.29, 0.717) is 10.2 Å². The second kappa shape index (κ2) is 7.03. The molecule has 0 saturated carbocycles. The normalized spacial score (nSPS) is 11.8. The Morgan fingerprint density at radius 3 is 2.73 bits per heavy atom. The van der Waals surface area contributed by atoms with Crippen LogP contribution < -0.4 is 5.56 Å². The zero-order chi connectivity index (χ0) is 18.9. The van der Waals surface area contributed by atoms with Gasteiger partial charge in [-0.25, -0.2) is 4.98 Å². The summed E-state index contributed by atoms with van der Waals surface area (Å²) < 4.78 is 39.4. The topological polar surface area (TPSA) is 52.0 Å². The molecule has 4 nitrogen and oxygen atoms in total. The number of alkyl halides is 3. The number of fused-ring (bicyclic) bond motifs is 1. The third-order valence-electron chi connectivity index (χ3n) is 3.92. The number of ketones is 1. The first-order valence-electron chi connectivity index (χ1n) is 7.93. The number of nitrogens with zero attached hydrogens (tertiary/aromatic N) is 2. The van der Waals surface area contributed by atoms with Crippen molar-refractivity contribution < 1.29 is 18.0 Å². The molecule has 0 fully saturated rings. The lowest BCUT2D eigenvalue weighted by atomic mass is 10.1. The third kappa shape index (κ3) is 3.85. The maximum Gasteiger partial charge on any atom is 0.416 e. The van der Waals surface area contributed by atoms with Crippen molar-refractivity contribution in [3.63, 3.8) is 0 Å². The monoisotopic (exact) mass is 380 g/mol. The molecule has 0 atom stereocenters. The maximum absolute atomic E-state index is 12.7. The van der Waals surface area contributed by atoms with Crippen LogP contribution in [0.1, 0.15) is 22.9 Å². The molecule has 136 valence electrons. The zero-order valence-electron chi connectivity index (χ0n) is 13.8. The van der Waals surface area contributed by atoms with Gasteiger partial charge >= 0.3 is 6.18 Å². The Kier molecular flexibility index (Phi) is 4.95. The average molecular weight is 380 g/mol. The predicted molar refractivity (Wildman–Crippen MR) is 93.4 cm³/mol. The lowest BCUT2D eigenvalue weighted by Gasteiger charge is -2.09. The molecular formula is C18H15F3N2O2S. The second-order valence-corrected chi connectivity index (χ2v) is 6.99. The first-order valence-corrected chi connectivity index (χ1v) is 8.75. The molecule has 2 heterocycles. The van der Waals surface area contributed by atoms with E-state index in [0.717, 1.165) is 23.4 Å². The molecule has 0 radical (unpaired) electrons. The van der Waals surface area contributed by atoms with Crippen molar-refractivity contribution in [3.05, 3.63) is 63.0 Å². The predicted octanol–water partition coefficient (Wildman–Crippen LogP) is 3.85. The Hall–Kier alpha value is -2.48. The number of carbonyl (C=O) groups excluding carboxylic acids is 1. The molecule has 2 aromatic heterocycles. The highest BCUT2D eigenvalue weighted by Crippen LogP contribution is 2.29. The molecule has 3 rings (SSSR count). The largest absolute Gasteiger partial charge is 0.416 e. The fraction of sp³-hybridized carbons (Fsp3) is 0.278. The Morgan fingerprint density at radius 2 is 2.04 bits per heavy atom. The fourth-order valence-corrected chi connectivity index (χ4v) is 3.55. The molecule has 3 aromatic rings. The van der Waals surface area contributed by atoms with Crippen LogP contribution >= 0.6 is 11.3 Å². The number of Topliss-reactive ketones (excluding diaryl/α,β-unsaturated/α-hetero) is 1. The minimum atomic E-state index is -4.46. The van der Waals surface area contributed by atoms with Crippen LogP contribution in [0.15, 0.2) is 41.5 Å². The molecule has 0 saturated heterocycles. The summed E-state index contributed by atoms with van der Waals surface area (Å²) in [5.74, 6) is -0.362. The fourth-order valence-electron chi connectivity index (χ4n) is 2.63. The van der Waals surface area contributed by atoms with Crippen molar-refractivity contribution in [1.29, 1.82) is 0 Å². The molecule has 0 aliphatic carbocycles. The van der Waals surface area contributed by atoms with Crippen LogP contribution in [0, 0.1) is 0 Å². The number of aromatic nitrogens is 2. The molecule has 8 heteroatoms. The van der Waals surface area contributed by atoms with Crippen LogP contribution in [0.2, 0.25) is 0 Å². The number of aryl methyl sites for hydroxylation is 1. The molecule has 0 spiro atoms. The summed E-state index contributed by atoms with van der Waals surface area (Å²) in [6.07, 6.45) is -2.54. The van der Waals surface area contributed by atoms with Gasteiger partial charge in [0, 0.05) is 11.3 Å². The minimum absolute atomic E-state index is 0.182. The smallest absolute Gasteiger partial charge is 0.297 e. The Morgan fingerprint density at radius 1 is 1.27 bits per heavy atom. The highest BCUT2D eigenvalue weighted by Gasteiger charge is 2.30. The standard InChI is InChI=1S/C18H15F3N2O2S/c1-2-14-8-15-16(26-14)22-10-23(17(15)25)9-13(24)7-11-4-3-5-12(6-11)18(19,20)21/h3-6,8,10H,2,7,9H2,1H3. The summed E-state index contributed by atoms with van der Waals surface area (Å²) in [7, 11) is 0. The number of rotatable bonds is 5. The van der Waals surface area contributed by atoms with Gasteiger partial charge in [-0.3, -0.25) is 14.2 Å². The van der Waals surface area contributed by atoms with Gasteiger partial charge in [0.15, 0.2) is 5.78 Å². The molecule has 0 bridgehead atoms. The number of hydrogen-bond donors (Lipinski definition) is 0.